The van der Waals surface area contributed by atoms with Gasteiger partial charge in [0.15, 0.2) is 0 Å². The van der Waals surface area contributed by atoms with E-state index in [1.54, 1.807) is 18.9 Å². The van der Waals surface area contributed by atoms with Gasteiger partial charge in [0.2, 0.25) is 0 Å². The normalized spacial score (nSPS) is 12.6. The first-order chi connectivity index (χ1) is 11.8. The number of fused-ring (bicyclic) bond motifs is 1. The lowest BCUT2D eigenvalue weighted by Crippen LogP contribution is -2.14. The van der Waals surface area contributed by atoms with E-state index in [0.29, 0.717) is 0 Å². The Balaban J connectivity index is 1.77. The summed E-state index contributed by atoms with van der Waals surface area (Å²) in [6.45, 7) is 2.18. The topological polar surface area (TPSA) is 50.8 Å². The molecule has 0 amide bonds. The van der Waals surface area contributed by atoms with Gasteiger partial charge in [-0.25, -0.2) is 4.98 Å². The molecule has 0 aliphatic heterocycles. The summed E-state index contributed by atoms with van der Waals surface area (Å²) >= 11 is 1.79. The fraction of sp³-hybridized carbons (Fsp3) is 0.368. The van der Waals surface area contributed by atoms with Crippen molar-refractivity contribution in [1.82, 2.24) is 15.0 Å². The molecule has 1 atom stereocenters. The second-order valence-electron chi connectivity index (χ2n) is 5.79. The molecule has 5 heteroatoms. The van der Waals surface area contributed by atoms with E-state index in [9.17, 15) is 0 Å². The molecule has 3 rings (SSSR count). The van der Waals surface area contributed by atoms with Crippen LogP contribution in [0.5, 0.6) is 0 Å². The van der Waals surface area contributed by atoms with Crippen LogP contribution in [0, 0.1) is 0 Å². The van der Waals surface area contributed by atoms with Gasteiger partial charge < -0.3 is 9.72 Å². The largest absolute Gasteiger partial charge is 0.381 e. The molecule has 1 N–H and O–H groups in total. The number of pyridine rings is 1. The molecule has 2 aromatic heterocycles. The lowest BCUT2D eigenvalue weighted by atomic mass is 10.1. The third kappa shape index (κ3) is 4.16. The summed E-state index contributed by atoms with van der Waals surface area (Å²) in [5.41, 5.74) is 3.21. The highest BCUT2D eigenvalue weighted by Gasteiger charge is 2.13. The maximum Gasteiger partial charge on any atom is 0.109 e. The van der Waals surface area contributed by atoms with Crippen molar-refractivity contribution >= 4 is 22.8 Å². The van der Waals surface area contributed by atoms with Gasteiger partial charge in [-0.3, -0.25) is 4.98 Å². The molecule has 0 bridgehead atoms. The van der Waals surface area contributed by atoms with Gasteiger partial charge in [-0.2, -0.15) is 0 Å². The summed E-state index contributed by atoms with van der Waals surface area (Å²) in [5, 5.41) is 0. The number of thioether (sulfide) groups is 1. The van der Waals surface area contributed by atoms with E-state index in [4.69, 9.17) is 9.72 Å². The molecule has 126 valence electrons. The second-order valence-corrected chi connectivity index (χ2v) is 6.81. The number of methoxy groups -OCH3 is 1. The number of rotatable bonds is 8. The fourth-order valence-corrected chi connectivity index (χ4v) is 3.70. The van der Waals surface area contributed by atoms with Crippen molar-refractivity contribution in [3.63, 3.8) is 0 Å². The van der Waals surface area contributed by atoms with Gasteiger partial charge in [-0.05, 0) is 30.7 Å². The van der Waals surface area contributed by atoms with E-state index in [0.717, 1.165) is 47.6 Å². The van der Waals surface area contributed by atoms with Crippen LogP contribution in [0.15, 0.2) is 47.5 Å². The van der Waals surface area contributed by atoms with Gasteiger partial charge in [0.1, 0.15) is 5.82 Å². The van der Waals surface area contributed by atoms with Gasteiger partial charge in [0.25, 0.3) is 0 Å². The first-order valence-electron chi connectivity index (χ1n) is 8.33. The van der Waals surface area contributed by atoms with Crippen LogP contribution in [0.3, 0.4) is 0 Å². The molecular formula is C19H23N3OS. The third-order valence-corrected chi connectivity index (χ3v) is 5.09. The number of hydrogen-bond donors (Lipinski definition) is 1. The van der Waals surface area contributed by atoms with E-state index < -0.39 is 0 Å². The minimum atomic E-state index is 0.222. The molecule has 0 spiro atoms. The van der Waals surface area contributed by atoms with Crippen molar-refractivity contribution in [3.8, 4) is 0 Å². The molecule has 1 aromatic carbocycles. The monoisotopic (exact) mass is 341 g/mol. The molecule has 2 heterocycles. The maximum absolute atomic E-state index is 5.55. The van der Waals surface area contributed by atoms with E-state index >= 15 is 0 Å². The van der Waals surface area contributed by atoms with Crippen LogP contribution in [0.4, 0.5) is 0 Å². The number of para-hydroxylation sites is 1. The first-order valence-corrected chi connectivity index (χ1v) is 9.31. The van der Waals surface area contributed by atoms with Crippen molar-refractivity contribution < 1.29 is 4.74 Å². The number of nitrogens with one attached hydrogen (secondary N) is 1. The zero-order chi connectivity index (χ0) is 16.8. The number of ether oxygens (including phenoxy) is 1. The molecule has 0 radical (unpaired) electrons. The highest BCUT2D eigenvalue weighted by Crippen LogP contribution is 2.29. The summed E-state index contributed by atoms with van der Waals surface area (Å²) in [7, 11) is 1.77. The first kappa shape index (κ1) is 17.0. The van der Waals surface area contributed by atoms with Crippen molar-refractivity contribution in [3.05, 3.63) is 54.1 Å². The van der Waals surface area contributed by atoms with E-state index in [-0.39, 0.29) is 6.10 Å². The predicted octanol–water partition coefficient (Wildman–Crippen LogP) is 4.61. The van der Waals surface area contributed by atoms with Gasteiger partial charge in [0, 0.05) is 30.4 Å². The lowest BCUT2D eigenvalue weighted by Gasteiger charge is -2.12. The molecule has 0 aliphatic rings. The minimum Gasteiger partial charge on any atom is -0.381 e. The molecular weight excluding hydrogens is 318 g/mol. The number of nitrogens with zero attached hydrogens (tertiary/aromatic N) is 2. The second kappa shape index (κ2) is 8.31. The number of hydrogen-bond acceptors (Lipinski definition) is 4. The van der Waals surface area contributed by atoms with Crippen LogP contribution >= 0.6 is 11.8 Å². The Morgan fingerprint density at radius 1 is 1.21 bits per heavy atom. The van der Waals surface area contributed by atoms with Crippen LogP contribution < -0.4 is 0 Å². The summed E-state index contributed by atoms with van der Waals surface area (Å²) in [4.78, 5) is 13.8. The van der Waals surface area contributed by atoms with Crippen LogP contribution in [-0.4, -0.2) is 28.2 Å². The third-order valence-electron chi connectivity index (χ3n) is 4.00. The van der Waals surface area contributed by atoms with E-state index in [1.807, 2.05) is 18.3 Å². The molecule has 24 heavy (non-hydrogen) atoms. The highest BCUT2D eigenvalue weighted by molar-refractivity contribution is 7.98. The molecule has 0 saturated carbocycles. The minimum absolute atomic E-state index is 0.222. The Morgan fingerprint density at radius 3 is 2.88 bits per heavy atom. The van der Waals surface area contributed by atoms with Crippen LogP contribution in [0.25, 0.3) is 11.0 Å². The zero-order valence-corrected chi connectivity index (χ0v) is 15.0. The number of aromatic nitrogens is 3. The average Bonchev–Trinajstić information content (AvgIpc) is 3.03. The Labute approximate surface area is 147 Å². The molecule has 0 saturated heterocycles. The average molecular weight is 341 g/mol. The molecule has 3 aromatic rings. The standard InChI is InChI=1S/C19H23N3OS/c1-3-7-15(23-2)12-18-21-16-9-6-10-17(19(16)22-18)24-13-14-8-4-5-11-20-14/h4-6,8-11,15H,3,7,12-13H2,1-2H3,(H,21,22). The van der Waals surface area contributed by atoms with Crippen molar-refractivity contribution in [2.24, 2.45) is 0 Å². The van der Waals surface area contributed by atoms with Crippen LogP contribution in [0.1, 0.15) is 31.3 Å². The Kier molecular flexibility index (Phi) is 5.88. The summed E-state index contributed by atoms with van der Waals surface area (Å²) < 4.78 is 5.55. The number of benzene rings is 1. The number of H-pyrrole nitrogens is 1. The SMILES string of the molecule is CCCC(Cc1nc2cccc(SCc3ccccn3)c2[nH]1)OC. The fourth-order valence-electron chi connectivity index (χ4n) is 2.75. The predicted molar refractivity (Wildman–Crippen MR) is 99.3 cm³/mol. The molecule has 0 fully saturated rings. The smallest absolute Gasteiger partial charge is 0.109 e. The lowest BCUT2D eigenvalue weighted by molar-refractivity contribution is 0.0935. The zero-order valence-electron chi connectivity index (χ0n) is 14.2. The van der Waals surface area contributed by atoms with Gasteiger partial charge >= 0.3 is 0 Å². The van der Waals surface area contributed by atoms with Gasteiger partial charge in [-0.1, -0.05) is 25.5 Å². The summed E-state index contributed by atoms with van der Waals surface area (Å²) in [6.07, 6.45) is 5.05. The Morgan fingerprint density at radius 2 is 2.12 bits per heavy atom. The maximum atomic E-state index is 5.55. The number of aromatic amines is 1. The quantitative estimate of drug-likeness (QED) is 0.608. The van der Waals surface area contributed by atoms with Crippen LogP contribution in [0.2, 0.25) is 0 Å². The van der Waals surface area contributed by atoms with Gasteiger partial charge in [0.05, 0.1) is 22.8 Å². The highest BCUT2D eigenvalue weighted by atomic mass is 32.2. The molecule has 0 aliphatic carbocycles. The van der Waals surface area contributed by atoms with Crippen LogP contribution in [-0.2, 0) is 16.9 Å². The Hall–Kier alpha value is -1.85. The van der Waals surface area contributed by atoms with Crippen molar-refractivity contribution in [1.29, 1.82) is 0 Å². The molecule has 4 nitrogen and oxygen atoms in total. The number of imidazole rings is 1. The molecule has 1 unspecified atom stereocenters. The Bertz CT molecular complexity index is 773. The summed E-state index contributed by atoms with van der Waals surface area (Å²) in [6, 6.07) is 12.3. The van der Waals surface area contributed by atoms with Crippen molar-refractivity contribution in [2.45, 2.75) is 42.9 Å². The van der Waals surface area contributed by atoms with E-state index in [2.05, 4.69) is 41.2 Å². The van der Waals surface area contributed by atoms with E-state index in [1.165, 1.54) is 4.90 Å². The van der Waals surface area contributed by atoms with Gasteiger partial charge in [-0.15, -0.1) is 11.8 Å². The summed E-state index contributed by atoms with van der Waals surface area (Å²) in [5.74, 6) is 1.85. The van der Waals surface area contributed by atoms with Crippen molar-refractivity contribution in [2.75, 3.05) is 7.11 Å².